The van der Waals surface area contributed by atoms with Crippen molar-refractivity contribution in [2.24, 2.45) is 0 Å². The molecule has 2 aromatic carbocycles. The predicted octanol–water partition coefficient (Wildman–Crippen LogP) is 4.71. The van der Waals surface area contributed by atoms with E-state index >= 15 is 0 Å². The number of carbonyl (C=O) groups excluding carboxylic acids is 1. The van der Waals surface area contributed by atoms with E-state index in [1.54, 1.807) is 26.4 Å². The molecule has 0 atom stereocenters. The monoisotopic (exact) mass is 398 g/mol. The smallest absolute Gasteiger partial charge is 0.257 e. The number of benzene rings is 2. The lowest BCUT2D eigenvalue weighted by atomic mass is 10.1. The van der Waals surface area contributed by atoms with Gasteiger partial charge in [-0.25, -0.2) is 4.98 Å². The van der Waals surface area contributed by atoms with Crippen LogP contribution >= 0.6 is 11.3 Å². The summed E-state index contributed by atoms with van der Waals surface area (Å²) in [5, 5.41) is 5.27. The van der Waals surface area contributed by atoms with Gasteiger partial charge in [0.25, 0.3) is 5.91 Å². The minimum Gasteiger partial charge on any atom is -0.496 e. The van der Waals surface area contributed by atoms with Crippen LogP contribution in [0, 0.1) is 13.8 Å². The maximum atomic E-state index is 12.8. The van der Waals surface area contributed by atoms with Gasteiger partial charge in [-0.15, -0.1) is 11.3 Å². The van der Waals surface area contributed by atoms with Gasteiger partial charge in [0.05, 0.1) is 27.0 Å². The van der Waals surface area contributed by atoms with E-state index in [0.717, 1.165) is 28.1 Å². The molecule has 0 bridgehead atoms. The molecule has 1 heterocycles. The Hall–Kier alpha value is -3.06. The second-order valence-electron chi connectivity index (χ2n) is 6.22. The average molecular weight is 398 g/mol. The fraction of sp³-hybridized carbons (Fsp3) is 0.238. The molecule has 0 aliphatic carbocycles. The molecule has 146 valence electrons. The van der Waals surface area contributed by atoms with Crippen molar-refractivity contribution in [2.45, 2.75) is 13.8 Å². The molecule has 0 fully saturated rings. The number of anilines is 1. The summed E-state index contributed by atoms with van der Waals surface area (Å²) in [6.07, 6.45) is 0. The Kier molecular flexibility index (Phi) is 5.84. The molecule has 0 aliphatic rings. The number of thiazole rings is 1. The molecule has 7 heteroatoms. The summed E-state index contributed by atoms with van der Waals surface area (Å²) in [7, 11) is 4.73. The van der Waals surface area contributed by atoms with Crippen LogP contribution < -0.4 is 19.5 Å². The van der Waals surface area contributed by atoms with Gasteiger partial charge in [-0.2, -0.15) is 0 Å². The highest BCUT2D eigenvalue weighted by atomic mass is 32.1. The number of nitrogens with zero attached hydrogens (tertiary/aromatic N) is 1. The lowest BCUT2D eigenvalue weighted by molar-refractivity contribution is 0.102. The molecule has 3 aromatic rings. The topological polar surface area (TPSA) is 69.7 Å². The Bertz CT molecular complexity index is 1010. The SMILES string of the molecule is COc1cc(C)c(C(=O)Nc2nc(-c3cc(C)ccc3OC)cs2)cc1OC. The molecule has 0 saturated heterocycles. The number of ether oxygens (including phenoxy) is 3. The van der Waals surface area contributed by atoms with E-state index in [0.29, 0.717) is 22.2 Å². The van der Waals surface area contributed by atoms with Gasteiger partial charge in [-0.05, 0) is 43.7 Å². The average Bonchev–Trinajstić information content (AvgIpc) is 3.15. The number of hydrogen-bond donors (Lipinski definition) is 1. The number of methoxy groups -OCH3 is 3. The van der Waals surface area contributed by atoms with Crippen LogP contribution in [0.3, 0.4) is 0 Å². The number of carbonyl (C=O) groups is 1. The molecule has 6 nitrogen and oxygen atoms in total. The minimum absolute atomic E-state index is 0.254. The maximum Gasteiger partial charge on any atom is 0.257 e. The van der Waals surface area contributed by atoms with E-state index in [4.69, 9.17) is 14.2 Å². The summed E-state index contributed by atoms with van der Waals surface area (Å²) >= 11 is 1.36. The van der Waals surface area contributed by atoms with Crippen LogP contribution in [-0.2, 0) is 0 Å². The van der Waals surface area contributed by atoms with Crippen LogP contribution in [0.2, 0.25) is 0 Å². The number of nitrogens with one attached hydrogen (secondary N) is 1. The minimum atomic E-state index is -0.254. The third-order valence-corrected chi connectivity index (χ3v) is 5.09. The van der Waals surface area contributed by atoms with Crippen molar-refractivity contribution in [3.63, 3.8) is 0 Å². The highest BCUT2D eigenvalue weighted by Crippen LogP contribution is 2.34. The van der Waals surface area contributed by atoms with Gasteiger partial charge in [-0.1, -0.05) is 11.6 Å². The zero-order valence-corrected chi connectivity index (χ0v) is 17.3. The van der Waals surface area contributed by atoms with Crippen LogP contribution in [0.1, 0.15) is 21.5 Å². The Balaban J connectivity index is 1.86. The molecule has 1 amide bonds. The molecule has 3 rings (SSSR count). The van der Waals surface area contributed by atoms with Crippen molar-refractivity contribution >= 4 is 22.4 Å². The molecule has 0 spiro atoms. The van der Waals surface area contributed by atoms with Gasteiger partial charge in [0.1, 0.15) is 5.75 Å². The zero-order chi connectivity index (χ0) is 20.3. The Morgan fingerprint density at radius 1 is 0.964 bits per heavy atom. The van der Waals surface area contributed by atoms with Crippen molar-refractivity contribution < 1.29 is 19.0 Å². The number of aromatic nitrogens is 1. The number of hydrogen-bond acceptors (Lipinski definition) is 6. The van der Waals surface area contributed by atoms with Gasteiger partial charge in [0, 0.05) is 16.5 Å². The molecule has 0 saturated carbocycles. The first-order chi connectivity index (χ1) is 13.5. The fourth-order valence-electron chi connectivity index (χ4n) is 2.87. The number of amides is 1. The Labute approximate surface area is 168 Å². The third-order valence-electron chi connectivity index (χ3n) is 4.33. The Morgan fingerprint density at radius 2 is 1.64 bits per heavy atom. The van der Waals surface area contributed by atoms with Gasteiger partial charge >= 0.3 is 0 Å². The standard InChI is InChI=1S/C21H22N2O4S/c1-12-6-7-17(25-3)15(8-12)16-11-28-21(22-16)23-20(24)14-10-19(27-5)18(26-4)9-13(14)2/h6-11H,1-5H3,(H,22,23,24). The van der Waals surface area contributed by atoms with E-state index in [9.17, 15) is 4.79 Å². The molecular formula is C21H22N2O4S. The zero-order valence-electron chi connectivity index (χ0n) is 16.5. The lowest BCUT2D eigenvalue weighted by Gasteiger charge is -2.12. The van der Waals surface area contributed by atoms with Crippen LogP contribution in [-0.4, -0.2) is 32.2 Å². The van der Waals surface area contributed by atoms with Crippen molar-refractivity contribution in [1.29, 1.82) is 0 Å². The van der Waals surface area contributed by atoms with Crippen molar-refractivity contribution in [2.75, 3.05) is 26.6 Å². The number of aryl methyl sites for hydroxylation is 2. The summed E-state index contributed by atoms with van der Waals surface area (Å²) in [6.45, 7) is 3.86. The highest BCUT2D eigenvalue weighted by molar-refractivity contribution is 7.14. The van der Waals surface area contributed by atoms with Crippen LogP contribution in [0.4, 0.5) is 5.13 Å². The molecule has 1 N–H and O–H groups in total. The Morgan fingerprint density at radius 3 is 2.32 bits per heavy atom. The van der Waals surface area contributed by atoms with Gasteiger partial charge in [0.15, 0.2) is 16.6 Å². The first-order valence-electron chi connectivity index (χ1n) is 8.61. The molecule has 1 aromatic heterocycles. The van der Waals surface area contributed by atoms with Crippen LogP contribution in [0.25, 0.3) is 11.3 Å². The summed E-state index contributed by atoms with van der Waals surface area (Å²) in [5.74, 6) is 1.57. The summed E-state index contributed by atoms with van der Waals surface area (Å²) < 4.78 is 16.0. The lowest BCUT2D eigenvalue weighted by Crippen LogP contribution is -2.13. The van der Waals surface area contributed by atoms with Crippen LogP contribution in [0.15, 0.2) is 35.7 Å². The molecule has 0 unspecified atom stereocenters. The predicted molar refractivity (Wildman–Crippen MR) is 111 cm³/mol. The summed E-state index contributed by atoms with van der Waals surface area (Å²) in [5.41, 5.74) is 4.04. The highest BCUT2D eigenvalue weighted by Gasteiger charge is 2.17. The normalized spacial score (nSPS) is 10.5. The molecule has 0 aliphatic heterocycles. The first kappa shape index (κ1) is 19.7. The van der Waals surface area contributed by atoms with Gasteiger partial charge in [0.2, 0.25) is 0 Å². The summed E-state index contributed by atoms with van der Waals surface area (Å²) in [6, 6.07) is 9.35. The van der Waals surface area contributed by atoms with Crippen LogP contribution in [0.5, 0.6) is 17.2 Å². The summed E-state index contributed by atoms with van der Waals surface area (Å²) in [4.78, 5) is 17.3. The second kappa shape index (κ2) is 8.31. The number of rotatable bonds is 6. The third kappa shape index (κ3) is 3.94. The molecule has 0 radical (unpaired) electrons. The maximum absolute atomic E-state index is 12.8. The molecular weight excluding hydrogens is 376 g/mol. The van der Waals surface area contributed by atoms with Crippen molar-refractivity contribution in [3.05, 3.63) is 52.4 Å². The first-order valence-corrected chi connectivity index (χ1v) is 9.49. The van der Waals surface area contributed by atoms with E-state index in [1.165, 1.54) is 18.4 Å². The van der Waals surface area contributed by atoms with E-state index in [1.807, 2.05) is 37.4 Å². The second-order valence-corrected chi connectivity index (χ2v) is 7.08. The fourth-order valence-corrected chi connectivity index (χ4v) is 3.57. The molecule has 28 heavy (non-hydrogen) atoms. The van der Waals surface area contributed by atoms with Gasteiger partial charge < -0.3 is 14.2 Å². The quantitative estimate of drug-likeness (QED) is 0.651. The van der Waals surface area contributed by atoms with E-state index in [2.05, 4.69) is 10.3 Å². The van der Waals surface area contributed by atoms with Crippen molar-refractivity contribution in [1.82, 2.24) is 4.98 Å². The van der Waals surface area contributed by atoms with Gasteiger partial charge in [-0.3, -0.25) is 10.1 Å². The van der Waals surface area contributed by atoms with E-state index in [-0.39, 0.29) is 5.91 Å². The van der Waals surface area contributed by atoms with E-state index < -0.39 is 0 Å². The largest absolute Gasteiger partial charge is 0.496 e. The van der Waals surface area contributed by atoms with Crippen molar-refractivity contribution in [3.8, 4) is 28.5 Å².